The minimum Gasteiger partial charge on any atom is -0.363 e. The number of nitrogens with zero attached hydrogens (tertiary/aromatic N) is 2. The first-order chi connectivity index (χ1) is 6.86. The van der Waals surface area contributed by atoms with Crippen LogP contribution >= 0.6 is 11.8 Å². The summed E-state index contributed by atoms with van der Waals surface area (Å²) >= 11 is 1.85. The first-order valence-corrected chi connectivity index (χ1v) is 6.50. The Kier molecular flexibility index (Phi) is 3.70. The fraction of sp³-hybridized carbons (Fsp3) is 0.900. The van der Waals surface area contributed by atoms with Gasteiger partial charge in [-0.2, -0.15) is 0 Å². The highest BCUT2D eigenvalue weighted by atomic mass is 32.2. The molecular weight excluding hydrogens is 194 g/mol. The van der Waals surface area contributed by atoms with Crippen LogP contribution < -0.4 is 5.32 Å². The predicted molar refractivity (Wildman–Crippen MR) is 63.0 cm³/mol. The maximum absolute atomic E-state index is 4.38. The van der Waals surface area contributed by atoms with Gasteiger partial charge < -0.3 is 5.32 Å². The van der Waals surface area contributed by atoms with Crippen molar-refractivity contribution in [1.82, 2.24) is 10.2 Å². The summed E-state index contributed by atoms with van der Waals surface area (Å²) in [6, 6.07) is 0.654. The van der Waals surface area contributed by atoms with Gasteiger partial charge in [-0.1, -0.05) is 11.8 Å². The Balaban J connectivity index is 1.68. The second-order valence-corrected chi connectivity index (χ2v) is 5.09. The smallest absolute Gasteiger partial charge is 0.156 e. The molecule has 1 saturated heterocycles. The third-order valence-electron chi connectivity index (χ3n) is 2.90. The molecule has 2 aliphatic heterocycles. The van der Waals surface area contributed by atoms with E-state index in [0.29, 0.717) is 6.04 Å². The van der Waals surface area contributed by atoms with Crippen molar-refractivity contribution in [3.63, 3.8) is 0 Å². The molecule has 0 aromatic carbocycles. The number of rotatable bonds is 3. The maximum atomic E-state index is 4.38. The van der Waals surface area contributed by atoms with Gasteiger partial charge in [-0.05, 0) is 32.9 Å². The topological polar surface area (TPSA) is 27.6 Å². The SMILES string of the molecule is CC(CNC1=NCCS1)N1CCCC1. The molecule has 0 radical (unpaired) electrons. The number of amidine groups is 1. The monoisotopic (exact) mass is 213 g/mol. The van der Waals surface area contributed by atoms with Crippen LogP contribution in [0.15, 0.2) is 4.99 Å². The van der Waals surface area contributed by atoms with Gasteiger partial charge in [0, 0.05) is 18.3 Å². The van der Waals surface area contributed by atoms with Crippen molar-refractivity contribution in [3.8, 4) is 0 Å². The van der Waals surface area contributed by atoms with E-state index >= 15 is 0 Å². The number of hydrogen-bond acceptors (Lipinski definition) is 4. The molecule has 4 heteroatoms. The van der Waals surface area contributed by atoms with Gasteiger partial charge in [-0.3, -0.25) is 9.89 Å². The standard InChI is InChI=1S/C10H19N3S/c1-9(13-5-2-3-6-13)8-12-10-11-4-7-14-10/h9H,2-8H2,1H3,(H,11,12). The number of thioether (sulfide) groups is 1. The molecule has 0 saturated carbocycles. The summed E-state index contributed by atoms with van der Waals surface area (Å²) in [6.07, 6.45) is 2.75. The summed E-state index contributed by atoms with van der Waals surface area (Å²) in [5, 5.41) is 4.58. The molecule has 3 nitrogen and oxygen atoms in total. The first kappa shape index (κ1) is 10.3. The average Bonchev–Trinajstić information content (AvgIpc) is 2.87. The lowest BCUT2D eigenvalue weighted by molar-refractivity contribution is 0.259. The van der Waals surface area contributed by atoms with E-state index in [1.165, 1.54) is 25.9 Å². The van der Waals surface area contributed by atoms with Gasteiger partial charge in [0.25, 0.3) is 0 Å². The Bertz CT molecular complexity index is 211. The molecular formula is C10H19N3S. The second kappa shape index (κ2) is 5.03. The van der Waals surface area contributed by atoms with E-state index in [0.717, 1.165) is 24.0 Å². The van der Waals surface area contributed by atoms with Crippen LogP contribution in [0.5, 0.6) is 0 Å². The van der Waals surface area contributed by atoms with E-state index in [1.807, 2.05) is 11.8 Å². The van der Waals surface area contributed by atoms with E-state index in [-0.39, 0.29) is 0 Å². The number of likely N-dealkylation sites (tertiary alicyclic amines) is 1. The van der Waals surface area contributed by atoms with E-state index in [4.69, 9.17) is 0 Å². The van der Waals surface area contributed by atoms with Crippen molar-refractivity contribution in [2.24, 2.45) is 4.99 Å². The Morgan fingerprint density at radius 1 is 1.50 bits per heavy atom. The largest absolute Gasteiger partial charge is 0.363 e. The molecule has 2 aliphatic rings. The van der Waals surface area contributed by atoms with Crippen LogP contribution in [0.3, 0.4) is 0 Å². The number of hydrogen-bond donors (Lipinski definition) is 1. The van der Waals surface area contributed by atoms with Gasteiger partial charge in [-0.25, -0.2) is 0 Å². The molecule has 1 unspecified atom stereocenters. The van der Waals surface area contributed by atoms with Crippen LogP contribution in [-0.4, -0.2) is 48.0 Å². The molecule has 1 N–H and O–H groups in total. The molecule has 1 fully saturated rings. The summed E-state index contributed by atoms with van der Waals surface area (Å²) in [7, 11) is 0. The zero-order chi connectivity index (χ0) is 9.80. The Hall–Kier alpha value is -0.220. The van der Waals surface area contributed by atoms with Crippen LogP contribution in [0.1, 0.15) is 19.8 Å². The van der Waals surface area contributed by atoms with Gasteiger partial charge in [0.2, 0.25) is 0 Å². The van der Waals surface area contributed by atoms with Gasteiger partial charge >= 0.3 is 0 Å². The fourth-order valence-electron chi connectivity index (χ4n) is 1.99. The lowest BCUT2D eigenvalue weighted by Crippen LogP contribution is -2.39. The molecule has 2 heterocycles. The second-order valence-electron chi connectivity index (χ2n) is 4.01. The highest BCUT2D eigenvalue weighted by Gasteiger charge is 2.18. The van der Waals surface area contributed by atoms with Crippen LogP contribution in [0.2, 0.25) is 0 Å². The average molecular weight is 213 g/mol. The van der Waals surface area contributed by atoms with Gasteiger partial charge in [0.05, 0.1) is 6.54 Å². The molecule has 0 spiro atoms. The minimum atomic E-state index is 0.654. The van der Waals surface area contributed by atoms with Crippen molar-refractivity contribution in [3.05, 3.63) is 0 Å². The van der Waals surface area contributed by atoms with Crippen molar-refractivity contribution >= 4 is 16.9 Å². The van der Waals surface area contributed by atoms with Crippen molar-refractivity contribution in [1.29, 1.82) is 0 Å². The lowest BCUT2D eigenvalue weighted by atomic mass is 10.3. The summed E-state index contributed by atoms with van der Waals surface area (Å²) in [5.41, 5.74) is 0. The molecule has 1 atom stereocenters. The predicted octanol–water partition coefficient (Wildman–Crippen LogP) is 1.16. The van der Waals surface area contributed by atoms with Gasteiger partial charge in [0.1, 0.15) is 0 Å². The quantitative estimate of drug-likeness (QED) is 0.762. The third kappa shape index (κ3) is 2.64. The van der Waals surface area contributed by atoms with E-state index in [9.17, 15) is 0 Å². The van der Waals surface area contributed by atoms with Crippen molar-refractivity contribution in [2.75, 3.05) is 31.9 Å². The highest BCUT2D eigenvalue weighted by Crippen LogP contribution is 2.12. The Labute approximate surface area is 90.3 Å². The summed E-state index contributed by atoms with van der Waals surface area (Å²) in [4.78, 5) is 6.95. The van der Waals surface area contributed by atoms with Crippen LogP contribution in [-0.2, 0) is 0 Å². The first-order valence-electron chi connectivity index (χ1n) is 5.51. The molecule has 0 aromatic rings. The minimum absolute atomic E-state index is 0.654. The molecule has 80 valence electrons. The summed E-state index contributed by atoms with van der Waals surface area (Å²) in [6.45, 7) is 6.90. The lowest BCUT2D eigenvalue weighted by Gasteiger charge is -2.24. The van der Waals surface area contributed by atoms with E-state index in [2.05, 4.69) is 22.1 Å². The third-order valence-corrected chi connectivity index (χ3v) is 3.83. The Morgan fingerprint density at radius 2 is 2.29 bits per heavy atom. The van der Waals surface area contributed by atoms with Crippen LogP contribution in [0.25, 0.3) is 0 Å². The molecule has 0 aliphatic carbocycles. The Morgan fingerprint density at radius 3 is 2.93 bits per heavy atom. The number of aliphatic imine (C=N–C) groups is 1. The van der Waals surface area contributed by atoms with Gasteiger partial charge in [-0.15, -0.1) is 0 Å². The van der Waals surface area contributed by atoms with Crippen LogP contribution in [0, 0.1) is 0 Å². The molecule has 2 rings (SSSR count). The van der Waals surface area contributed by atoms with E-state index < -0.39 is 0 Å². The molecule has 14 heavy (non-hydrogen) atoms. The molecule has 0 aromatic heterocycles. The summed E-state index contributed by atoms with van der Waals surface area (Å²) < 4.78 is 0. The molecule has 0 amide bonds. The van der Waals surface area contributed by atoms with Crippen molar-refractivity contribution in [2.45, 2.75) is 25.8 Å². The zero-order valence-electron chi connectivity index (χ0n) is 8.83. The number of nitrogens with one attached hydrogen (secondary N) is 1. The maximum Gasteiger partial charge on any atom is 0.156 e. The normalized spacial score (nSPS) is 25.1. The fourth-order valence-corrected chi connectivity index (χ4v) is 2.73. The molecule has 0 bridgehead atoms. The van der Waals surface area contributed by atoms with Crippen molar-refractivity contribution < 1.29 is 0 Å². The van der Waals surface area contributed by atoms with Crippen LogP contribution in [0.4, 0.5) is 0 Å². The van der Waals surface area contributed by atoms with E-state index in [1.54, 1.807) is 0 Å². The highest BCUT2D eigenvalue weighted by molar-refractivity contribution is 8.14. The van der Waals surface area contributed by atoms with Gasteiger partial charge in [0.15, 0.2) is 5.17 Å². The summed E-state index contributed by atoms with van der Waals surface area (Å²) in [5.74, 6) is 1.15. The zero-order valence-corrected chi connectivity index (χ0v) is 9.65.